The van der Waals surface area contributed by atoms with Crippen molar-refractivity contribution >= 4 is 8.60 Å². The zero-order chi connectivity index (χ0) is 35.3. The predicted octanol–water partition coefficient (Wildman–Crippen LogP) is 12.2. The molecule has 252 valence electrons. The third-order valence-electron chi connectivity index (χ3n) is 9.55. The summed E-state index contributed by atoms with van der Waals surface area (Å²) in [5.74, 6) is 0.748. The third-order valence-corrected chi connectivity index (χ3v) is 9.90. The van der Waals surface area contributed by atoms with Crippen molar-refractivity contribution in [2.45, 2.75) is 158 Å². The summed E-state index contributed by atoms with van der Waals surface area (Å²) in [6, 6.07) is 9.58. The quantitative estimate of drug-likeness (QED) is 0.273. The highest BCUT2D eigenvalue weighted by Gasteiger charge is 2.44. The normalized spacial score (nSPS) is 14.6. The van der Waals surface area contributed by atoms with Gasteiger partial charge in [-0.05, 0) is 91.0 Å². The number of hydrogen-bond donors (Lipinski definition) is 2. The van der Waals surface area contributed by atoms with Gasteiger partial charge >= 0.3 is 8.60 Å². The van der Waals surface area contributed by atoms with Crippen LogP contribution in [0.4, 0.5) is 0 Å². The average molecular weight is 645 g/mol. The molecule has 0 aliphatic heterocycles. The van der Waals surface area contributed by atoms with Crippen molar-refractivity contribution in [1.82, 2.24) is 0 Å². The maximum atomic E-state index is 10.7. The molecule has 3 nitrogen and oxygen atoms in total. The van der Waals surface area contributed by atoms with E-state index in [0.29, 0.717) is 5.75 Å². The van der Waals surface area contributed by atoms with Gasteiger partial charge in [0.1, 0.15) is 5.75 Å². The summed E-state index contributed by atoms with van der Waals surface area (Å²) in [6.45, 7) is 41.2. The first-order valence-corrected chi connectivity index (χ1v) is 18.2. The van der Waals surface area contributed by atoms with Gasteiger partial charge in [0.15, 0.2) is 0 Å². The minimum Gasteiger partial charge on any atom is -0.426 e. The van der Waals surface area contributed by atoms with Crippen LogP contribution < -0.4 is 4.52 Å². The molecule has 3 aromatic rings. The lowest BCUT2D eigenvalue weighted by molar-refractivity contribution is 0.364. The van der Waals surface area contributed by atoms with Crippen molar-refractivity contribution < 1.29 is 14.3 Å². The maximum absolute atomic E-state index is 10.7. The molecule has 0 aromatic heterocycles. The number of benzene rings is 3. The Morgan fingerprint density at radius 1 is 0.500 bits per heavy atom. The Morgan fingerprint density at radius 2 is 0.826 bits per heavy atom. The molecule has 0 saturated heterocycles. The summed E-state index contributed by atoms with van der Waals surface area (Å²) in [5.41, 5.74) is 14.9. The van der Waals surface area contributed by atoms with Crippen LogP contribution in [0.3, 0.4) is 0 Å². The lowest BCUT2D eigenvalue weighted by atomic mass is 9.61. The molecule has 0 unspecified atom stereocenters. The highest BCUT2D eigenvalue weighted by Crippen LogP contribution is 2.61. The van der Waals surface area contributed by atoms with Gasteiger partial charge in [0.05, 0.1) is 0 Å². The summed E-state index contributed by atoms with van der Waals surface area (Å²) in [4.78, 5) is 21.4. The molecule has 46 heavy (non-hydrogen) atoms. The Hall–Kier alpha value is -2.19. The van der Waals surface area contributed by atoms with Gasteiger partial charge in [0.2, 0.25) is 0 Å². The largest absolute Gasteiger partial charge is 0.426 e. The number of aryl methyl sites for hydroxylation is 2. The van der Waals surface area contributed by atoms with Crippen molar-refractivity contribution in [1.29, 1.82) is 0 Å². The second-order valence-electron chi connectivity index (χ2n) is 19.1. The maximum Gasteiger partial charge on any atom is 0.391 e. The second kappa shape index (κ2) is 11.5. The second-order valence-corrected chi connectivity index (χ2v) is 19.8. The van der Waals surface area contributed by atoms with E-state index in [0.717, 1.165) is 11.1 Å². The Bertz CT molecular complexity index is 1560. The standard InChI is InChI=1S/C42H61O3P/c1-23-19-26-25(3)27-20-24(2)22-29(39(7,8)9)31(27)33-34(40(10,11)12)32(30(26)28(21-23)38(4,5)6)35(41(13,14)15)37(45-46(43)44)36(33)42(16,17)18/h19-22,25,43-44H,1-18H3. The lowest BCUT2D eigenvalue weighted by Gasteiger charge is -2.44. The smallest absolute Gasteiger partial charge is 0.391 e. The summed E-state index contributed by atoms with van der Waals surface area (Å²) in [5, 5.41) is 0. The average Bonchev–Trinajstić information content (AvgIpc) is 2.82. The van der Waals surface area contributed by atoms with Gasteiger partial charge in [0.25, 0.3) is 0 Å². The minimum atomic E-state index is -2.68. The van der Waals surface area contributed by atoms with Gasteiger partial charge < -0.3 is 14.3 Å². The molecular weight excluding hydrogens is 583 g/mol. The summed E-state index contributed by atoms with van der Waals surface area (Å²) in [6.07, 6.45) is 0. The molecule has 0 amide bonds. The van der Waals surface area contributed by atoms with Gasteiger partial charge in [-0.15, -0.1) is 0 Å². The summed E-state index contributed by atoms with van der Waals surface area (Å²) in [7, 11) is -2.68. The molecule has 0 spiro atoms. The van der Waals surface area contributed by atoms with Crippen molar-refractivity contribution in [2.75, 3.05) is 0 Å². The first-order chi connectivity index (χ1) is 20.6. The fourth-order valence-electron chi connectivity index (χ4n) is 7.80. The number of hydrogen-bond acceptors (Lipinski definition) is 3. The lowest BCUT2D eigenvalue weighted by Crippen LogP contribution is -2.30. The molecule has 1 aliphatic carbocycles. The van der Waals surface area contributed by atoms with E-state index < -0.39 is 8.60 Å². The highest BCUT2D eigenvalue weighted by molar-refractivity contribution is 7.39. The summed E-state index contributed by atoms with van der Waals surface area (Å²) >= 11 is 0. The van der Waals surface area contributed by atoms with Gasteiger partial charge in [-0.2, -0.15) is 0 Å². The zero-order valence-corrected chi connectivity index (χ0v) is 33.0. The SMILES string of the molecule is Cc1cc2c(c(C(C)(C)C)c1)-c1c(C(C)(C)C)c(OP(O)O)c(C(C)(C)C)c(c1C(C)(C)C)-c1c(cc(C)cc1C(C)(C)C)C2C. The van der Waals surface area contributed by atoms with E-state index in [9.17, 15) is 9.79 Å². The first kappa shape index (κ1) is 36.6. The van der Waals surface area contributed by atoms with Gasteiger partial charge in [-0.1, -0.05) is 146 Å². The molecule has 4 heteroatoms. The molecule has 0 fully saturated rings. The topological polar surface area (TPSA) is 49.7 Å². The van der Waals surface area contributed by atoms with Crippen LogP contribution in [0.15, 0.2) is 24.3 Å². The molecule has 2 bridgehead atoms. The van der Waals surface area contributed by atoms with Crippen LogP contribution in [0.5, 0.6) is 5.75 Å². The van der Waals surface area contributed by atoms with E-state index in [4.69, 9.17) is 4.52 Å². The van der Waals surface area contributed by atoms with E-state index in [1.54, 1.807) is 0 Å². The van der Waals surface area contributed by atoms with Crippen LogP contribution in [-0.4, -0.2) is 9.79 Å². The van der Waals surface area contributed by atoms with Crippen molar-refractivity contribution in [3.8, 4) is 28.0 Å². The molecular formula is C42H61O3P. The molecule has 4 rings (SSSR count). The van der Waals surface area contributed by atoms with Crippen LogP contribution in [0, 0.1) is 13.8 Å². The molecule has 0 saturated carbocycles. The van der Waals surface area contributed by atoms with E-state index in [-0.39, 0.29) is 33.0 Å². The molecule has 0 heterocycles. The Morgan fingerprint density at radius 3 is 1.09 bits per heavy atom. The van der Waals surface area contributed by atoms with Crippen molar-refractivity contribution in [3.63, 3.8) is 0 Å². The van der Waals surface area contributed by atoms with Crippen LogP contribution in [0.25, 0.3) is 22.3 Å². The number of fused-ring (bicyclic) bond motifs is 6. The van der Waals surface area contributed by atoms with Crippen molar-refractivity contribution in [2.24, 2.45) is 0 Å². The van der Waals surface area contributed by atoms with Crippen molar-refractivity contribution in [3.05, 3.63) is 74.3 Å². The van der Waals surface area contributed by atoms with Gasteiger partial charge in [0, 0.05) is 17.0 Å². The molecule has 3 aromatic carbocycles. The van der Waals surface area contributed by atoms with E-state index in [1.807, 2.05) is 0 Å². The third kappa shape index (κ3) is 6.46. The first-order valence-electron chi connectivity index (χ1n) is 17.0. The molecule has 2 N–H and O–H groups in total. The van der Waals surface area contributed by atoms with Gasteiger partial charge in [-0.3, -0.25) is 0 Å². The zero-order valence-electron chi connectivity index (χ0n) is 32.1. The van der Waals surface area contributed by atoms with E-state index >= 15 is 0 Å². The molecule has 0 radical (unpaired) electrons. The Labute approximate surface area is 282 Å². The van der Waals surface area contributed by atoms with Crippen LogP contribution in [0.1, 0.15) is 167 Å². The van der Waals surface area contributed by atoms with Crippen LogP contribution in [-0.2, 0) is 27.1 Å². The number of rotatable bonds is 2. The van der Waals surface area contributed by atoms with Gasteiger partial charge in [-0.25, -0.2) is 0 Å². The van der Waals surface area contributed by atoms with Crippen LogP contribution >= 0.6 is 8.60 Å². The molecule has 1 aliphatic rings. The Kier molecular flexibility index (Phi) is 9.13. The Balaban J connectivity index is 2.66. The van der Waals surface area contributed by atoms with E-state index in [1.165, 1.54) is 61.2 Å². The van der Waals surface area contributed by atoms with E-state index in [2.05, 4.69) is 149 Å². The highest BCUT2D eigenvalue weighted by atomic mass is 31.2. The minimum absolute atomic E-state index is 0.122. The molecule has 0 atom stereocenters. The monoisotopic (exact) mass is 644 g/mol. The summed E-state index contributed by atoms with van der Waals surface area (Å²) < 4.78 is 6.38. The fraction of sp³-hybridized carbons (Fsp3) is 0.571. The fourth-order valence-corrected chi connectivity index (χ4v) is 8.15. The predicted molar refractivity (Wildman–Crippen MR) is 200 cm³/mol. The van der Waals surface area contributed by atoms with Crippen LogP contribution in [0.2, 0.25) is 0 Å².